The van der Waals surface area contributed by atoms with E-state index in [1.807, 2.05) is 31.2 Å². The lowest BCUT2D eigenvalue weighted by atomic mass is 10.3. The molecule has 0 saturated heterocycles. The summed E-state index contributed by atoms with van der Waals surface area (Å²) >= 11 is 3.45. The smallest absolute Gasteiger partial charge is 0.224 e. The zero-order chi connectivity index (χ0) is 13.7. The first-order valence-corrected chi connectivity index (χ1v) is 6.69. The van der Waals surface area contributed by atoms with Crippen molar-refractivity contribution in [3.8, 4) is 5.75 Å². The van der Waals surface area contributed by atoms with Gasteiger partial charge in [0.05, 0.1) is 11.6 Å². The molecule has 2 N–H and O–H groups in total. The minimum Gasteiger partial charge on any atom is -0.496 e. The Kier molecular flexibility index (Phi) is 4.57. The fourth-order valence-electron chi connectivity index (χ4n) is 1.56. The number of anilines is 3. The summed E-state index contributed by atoms with van der Waals surface area (Å²) in [6, 6.07) is 7.57. The number of rotatable bonds is 5. The highest BCUT2D eigenvalue weighted by Gasteiger charge is 2.03. The number of nitrogens with one attached hydrogen (secondary N) is 2. The van der Waals surface area contributed by atoms with Gasteiger partial charge in [-0.3, -0.25) is 0 Å². The van der Waals surface area contributed by atoms with Crippen molar-refractivity contribution < 1.29 is 4.74 Å². The zero-order valence-corrected chi connectivity index (χ0v) is 12.4. The van der Waals surface area contributed by atoms with Crippen LogP contribution in [0.4, 0.5) is 17.5 Å². The third kappa shape index (κ3) is 3.57. The summed E-state index contributed by atoms with van der Waals surface area (Å²) in [5.41, 5.74) is 0.925. The predicted octanol–water partition coefficient (Wildman–Crippen LogP) is 3.42. The minimum atomic E-state index is 0.611. The number of aromatic nitrogens is 2. The molecule has 19 heavy (non-hydrogen) atoms. The number of halogens is 1. The SMILES string of the molecule is CCNc1nccc(Nc2ccc(OC)c(Br)c2)n1. The minimum absolute atomic E-state index is 0.611. The lowest BCUT2D eigenvalue weighted by Crippen LogP contribution is -2.03. The van der Waals surface area contributed by atoms with E-state index in [0.717, 1.165) is 28.3 Å². The van der Waals surface area contributed by atoms with Crippen molar-refractivity contribution in [3.05, 3.63) is 34.9 Å². The molecule has 0 amide bonds. The van der Waals surface area contributed by atoms with E-state index in [2.05, 4.69) is 36.5 Å². The molecule has 1 heterocycles. The Morgan fingerprint density at radius 2 is 2.16 bits per heavy atom. The van der Waals surface area contributed by atoms with Gasteiger partial charge in [0.25, 0.3) is 0 Å². The topological polar surface area (TPSA) is 59.1 Å². The normalized spacial score (nSPS) is 10.1. The Hall–Kier alpha value is -1.82. The second-order valence-corrected chi connectivity index (χ2v) is 4.62. The Balaban J connectivity index is 2.16. The van der Waals surface area contributed by atoms with Crippen molar-refractivity contribution in [1.29, 1.82) is 0 Å². The summed E-state index contributed by atoms with van der Waals surface area (Å²) in [5.74, 6) is 2.14. The molecular weight excluding hydrogens is 308 g/mol. The maximum Gasteiger partial charge on any atom is 0.224 e. The fourth-order valence-corrected chi connectivity index (χ4v) is 2.10. The lowest BCUT2D eigenvalue weighted by molar-refractivity contribution is 0.412. The van der Waals surface area contributed by atoms with Gasteiger partial charge in [-0.25, -0.2) is 4.98 Å². The molecular formula is C13H15BrN4O. The molecule has 0 aliphatic heterocycles. The molecule has 2 aromatic rings. The van der Waals surface area contributed by atoms with E-state index in [0.29, 0.717) is 5.95 Å². The van der Waals surface area contributed by atoms with Crippen LogP contribution < -0.4 is 15.4 Å². The van der Waals surface area contributed by atoms with Crippen LogP contribution in [0.25, 0.3) is 0 Å². The van der Waals surface area contributed by atoms with E-state index >= 15 is 0 Å². The van der Waals surface area contributed by atoms with Crippen molar-refractivity contribution in [1.82, 2.24) is 9.97 Å². The molecule has 1 aromatic carbocycles. The van der Waals surface area contributed by atoms with Gasteiger partial charge in [0, 0.05) is 18.4 Å². The molecule has 0 spiro atoms. The summed E-state index contributed by atoms with van der Waals surface area (Å²) in [5, 5.41) is 6.29. The summed E-state index contributed by atoms with van der Waals surface area (Å²) < 4.78 is 6.08. The highest BCUT2D eigenvalue weighted by Crippen LogP contribution is 2.28. The standard InChI is InChI=1S/C13H15BrN4O/c1-3-15-13-16-7-6-12(18-13)17-9-4-5-11(19-2)10(14)8-9/h4-8H,3H2,1-2H3,(H2,15,16,17,18). The first-order chi connectivity index (χ1) is 9.22. The second kappa shape index (κ2) is 6.38. The average molecular weight is 323 g/mol. The molecule has 5 nitrogen and oxygen atoms in total. The van der Waals surface area contributed by atoms with Crippen molar-refractivity contribution in [2.75, 3.05) is 24.3 Å². The molecule has 0 saturated carbocycles. The van der Waals surface area contributed by atoms with Crippen LogP contribution in [0.5, 0.6) is 5.75 Å². The third-order valence-electron chi connectivity index (χ3n) is 2.41. The third-order valence-corrected chi connectivity index (χ3v) is 3.03. The number of ether oxygens (including phenoxy) is 1. The van der Waals surface area contributed by atoms with Crippen LogP contribution in [0.15, 0.2) is 34.9 Å². The molecule has 0 radical (unpaired) electrons. The average Bonchev–Trinajstić information content (AvgIpc) is 2.40. The van der Waals surface area contributed by atoms with Crippen molar-refractivity contribution >= 4 is 33.4 Å². The number of hydrogen-bond donors (Lipinski definition) is 2. The van der Waals surface area contributed by atoms with E-state index in [1.165, 1.54) is 0 Å². The van der Waals surface area contributed by atoms with Crippen molar-refractivity contribution in [2.24, 2.45) is 0 Å². The highest BCUT2D eigenvalue weighted by molar-refractivity contribution is 9.10. The highest BCUT2D eigenvalue weighted by atomic mass is 79.9. The van der Waals surface area contributed by atoms with E-state index in [4.69, 9.17) is 4.74 Å². The first kappa shape index (κ1) is 13.6. The predicted molar refractivity (Wildman–Crippen MR) is 80.2 cm³/mol. The van der Waals surface area contributed by atoms with Crippen LogP contribution in [0, 0.1) is 0 Å². The van der Waals surface area contributed by atoms with Gasteiger partial charge in [-0.15, -0.1) is 0 Å². The molecule has 0 aliphatic carbocycles. The first-order valence-electron chi connectivity index (χ1n) is 5.90. The zero-order valence-electron chi connectivity index (χ0n) is 10.8. The van der Waals surface area contributed by atoms with E-state index < -0.39 is 0 Å². The van der Waals surface area contributed by atoms with Crippen LogP contribution >= 0.6 is 15.9 Å². The number of nitrogens with zero attached hydrogens (tertiary/aromatic N) is 2. The van der Waals surface area contributed by atoms with Gasteiger partial charge in [0.1, 0.15) is 11.6 Å². The Morgan fingerprint density at radius 1 is 1.32 bits per heavy atom. The lowest BCUT2D eigenvalue weighted by Gasteiger charge is -2.09. The summed E-state index contributed by atoms with van der Waals surface area (Å²) in [7, 11) is 1.64. The van der Waals surface area contributed by atoms with E-state index in [-0.39, 0.29) is 0 Å². The van der Waals surface area contributed by atoms with Gasteiger partial charge in [0.2, 0.25) is 5.95 Å². The molecule has 0 aliphatic rings. The quantitative estimate of drug-likeness (QED) is 0.883. The van der Waals surface area contributed by atoms with Crippen LogP contribution in [0.2, 0.25) is 0 Å². The van der Waals surface area contributed by atoms with Crippen molar-refractivity contribution in [2.45, 2.75) is 6.92 Å². The molecule has 2 rings (SSSR count). The van der Waals surface area contributed by atoms with Crippen molar-refractivity contribution in [3.63, 3.8) is 0 Å². The largest absolute Gasteiger partial charge is 0.496 e. The summed E-state index contributed by atoms with van der Waals surface area (Å²) in [6.07, 6.45) is 1.71. The summed E-state index contributed by atoms with van der Waals surface area (Å²) in [4.78, 5) is 8.47. The molecule has 0 unspecified atom stereocenters. The molecule has 0 fully saturated rings. The Labute approximate surface area is 120 Å². The monoisotopic (exact) mass is 322 g/mol. The number of hydrogen-bond acceptors (Lipinski definition) is 5. The second-order valence-electron chi connectivity index (χ2n) is 3.77. The van der Waals surface area contributed by atoms with E-state index in [1.54, 1.807) is 13.3 Å². The molecule has 100 valence electrons. The van der Waals surface area contributed by atoms with Gasteiger partial charge in [-0.2, -0.15) is 4.98 Å². The van der Waals surface area contributed by atoms with Crippen LogP contribution in [-0.4, -0.2) is 23.6 Å². The maximum absolute atomic E-state index is 5.19. The molecule has 0 bridgehead atoms. The van der Waals surface area contributed by atoms with Gasteiger partial charge < -0.3 is 15.4 Å². The Morgan fingerprint density at radius 3 is 2.84 bits per heavy atom. The number of benzene rings is 1. The maximum atomic E-state index is 5.19. The van der Waals surface area contributed by atoms with Crippen LogP contribution in [-0.2, 0) is 0 Å². The van der Waals surface area contributed by atoms with Gasteiger partial charge in [0.15, 0.2) is 0 Å². The molecule has 6 heteroatoms. The fraction of sp³-hybridized carbons (Fsp3) is 0.231. The van der Waals surface area contributed by atoms with Gasteiger partial charge in [-0.05, 0) is 47.1 Å². The van der Waals surface area contributed by atoms with Crippen LogP contribution in [0.1, 0.15) is 6.92 Å². The molecule has 0 atom stereocenters. The van der Waals surface area contributed by atoms with Gasteiger partial charge in [-0.1, -0.05) is 0 Å². The van der Waals surface area contributed by atoms with E-state index in [9.17, 15) is 0 Å². The van der Waals surface area contributed by atoms with Crippen LogP contribution in [0.3, 0.4) is 0 Å². The van der Waals surface area contributed by atoms with Gasteiger partial charge >= 0.3 is 0 Å². The molecule has 1 aromatic heterocycles. The Bertz CT molecular complexity index is 562. The number of methoxy groups -OCH3 is 1. The summed E-state index contributed by atoms with van der Waals surface area (Å²) in [6.45, 7) is 2.79.